The van der Waals surface area contributed by atoms with Crippen LogP contribution >= 0.6 is 11.3 Å². The van der Waals surface area contributed by atoms with Gasteiger partial charge < -0.3 is 10.1 Å². The average molecular weight is 449 g/mol. The Morgan fingerprint density at radius 3 is 2.38 bits per heavy atom. The van der Waals surface area contributed by atoms with Crippen LogP contribution in [0.4, 0.5) is 0 Å². The maximum atomic E-state index is 12.5. The minimum absolute atomic E-state index is 0.0384. The van der Waals surface area contributed by atoms with E-state index in [-0.39, 0.29) is 36.4 Å². The lowest BCUT2D eigenvalue weighted by Crippen LogP contribution is -2.30. The molecule has 0 saturated heterocycles. The number of imide groups is 1. The Labute approximate surface area is 188 Å². The molecule has 0 spiro atoms. The van der Waals surface area contributed by atoms with Crippen LogP contribution in [0.25, 0.3) is 0 Å². The number of hydrogen-bond donors (Lipinski definition) is 1. The lowest BCUT2D eigenvalue weighted by atomic mass is 10.1. The van der Waals surface area contributed by atoms with E-state index in [0.717, 1.165) is 16.2 Å². The van der Waals surface area contributed by atoms with Crippen molar-refractivity contribution >= 4 is 35.0 Å². The summed E-state index contributed by atoms with van der Waals surface area (Å²) in [6.07, 6.45) is 0.719. The van der Waals surface area contributed by atoms with Crippen LogP contribution in [0.5, 0.6) is 0 Å². The summed E-state index contributed by atoms with van der Waals surface area (Å²) < 4.78 is 5.10. The number of ether oxygens (including phenoxy) is 1. The molecule has 7 nitrogen and oxygen atoms in total. The minimum atomic E-state index is -0.650. The van der Waals surface area contributed by atoms with Crippen molar-refractivity contribution in [2.75, 3.05) is 13.2 Å². The molecule has 3 amide bonds. The van der Waals surface area contributed by atoms with Crippen LogP contribution in [0.1, 0.15) is 41.5 Å². The van der Waals surface area contributed by atoms with E-state index in [1.807, 2.05) is 17.5 Å². The second kappa shape index (κ2) is 9.57. The van der Waals surface area contributed by atoms with Crippen LogP contribution in [0, 0.1) is 0 Å². The number of nitrogens with one attached hydrogen (secondary N) is 1. The number of thiophene rings is 1. The van der Waals surface area contributed by atoms with Crippen molar-refractivity contribution in [2.24, 2.45) is 0 Å². The van der Waals surface area contributed by atoms with Crippen LogP contribution in [-0.2, 0) is 22.5 Å². The molecule has 1 aliphatic rings. The number of nitrogens with zero attached hydrogens (tertiary/aromatic N) is 1. The van der Waals surface area contributed by atoms with E-state index in [1.165, 1.54) is 0 Å². The molecule has 1 aliphatic heterocycles. The monoisotopic (exact) mass is 448 g/mol. The summed E-state index contributed by atoms with van der Waals surface area (Å²) in [5.41, 5.74) is 1.59. The number of carbonyl (C=O) groups excluding carboxylic acids is 4. The Morgan fingerprint density at radius 2 is 1.69 bits per heavy atom. The summed E-state index contributed by atoms with van der Waals surface area (Å²) in [6.45, 7) is 0.120. The summed E-state index contributed by atoms with van der Waals surface area (Å²) in [6, 6.07) is 17.1. The number of hydrogen-bond acceptors (Lipinski definition) is 6. The van der Waals surface area contributed by atoms with E-state index < -0.39 is 5.97 Å². The zero-order valence-corrected chi connectivity index (χ0v) is 17.9. The Hall–Kier alpha value is -3.78. The molecule has 0 unspecified atom stereocenters. The maximum absolute atomic E-state index is 12.5. The molecule has 0 aliphatic carbocycles. The van der Waals surface area contributed by atoms with Crippen molar-refractivity contribution in [3.8, 4) is 0 Å². The van der Waals surface area contributed by atoms with Gasteiger partial charge in [0.1, 0.15) is 0 Å². The summed E-state index contributed by atoms with van der Waals surface area (Å²) in [4.78, 5) is 51.7. The van der Waals surface area contributed by atoms with Crippen LogP contribution in [0.2, 0.25) is 0 Å². The molecule has 1 N–H and O–H groups in total. The number of amides is 3. The van der Waals surface area contributed by atoms with Gasteiger partial charge in [0.2, 0.25) is 0 Å². The van der Waals surface area contributed by atoms with E-state index >= 15 is 0 Å². The quantitative estimate of drug-likeness (QED) is 0.422. The molecular formula is C24H20N2O5S. The number of fused-ring (bicyclic) bond motifs is 1. The molecule has 2 aromatic carbocycles. The molecule has 0 atom stereocenters. The van der Waals surface area contributed by atoms with Gasteiger partial charge in [-0.3, -0.25) is 19.3 Å². The summed E-state index contributed by atoms with van der Waals surface area (Å²) in [5.74, 6) is -1.75. The van der Waals surface area contributed by atoms with Gasteiger partial charge in [0.15, 0.2) is 6.61 Å². The summed E-state index contributed by atoms with van der Waals surface area (Å²) in [5, 5.41) is 4.69. The molecule has 32 heavy (non-hydrogen) atoms. The Morgan fingerprint density at radius 1 is 0.938 bits per heavy atom. The number of carbonyl (C=O) groups is 4. The molecule has 2 heterocycles. The zero-order valence-electron chi connectivity index (χ0n) is 17.1. The Bertz CT molecular complexity index is 1140. The van der Waals surface area contributed by atoms with Gasteiger partial charge in [-0.1, -0.05) is 30.3 Å². The molecule has 0 radical (unpaired) electrons. The highest BCUT2D eigenvalue weighted by molar-refractivity contribution is 7.09. The Balaban J connectivity index is 1.31. The highest BCUT2D eigenvalue weighted by Gasteiger charge is 2.35. The van der Waals surface area contributed by atoms with Crippen molar-refractivity contribution in [3.63, 3.8) is 0 Å². The third-order valence-electron chi connectivity index (χ3n) is 4.99. The fourth-order valence-corrected chi connectivity index (χ4v) is 4.12. The minimum Gasteiger partial charge on any atom is -0.452 e. The van der Waals surface area contributed by atoms with E-state index in [1.54, 1.807) is 59.9 Å². The second-order valence-electron chi connectivity index (χ2n) is 7.20. The standard InChI is InChI=1S/C24H20N2O5S/c27-21(25-11-10-18-7-4-12-32-18)15-31-24(30)17-6-3-5-16(13-17)14-26-22(28)19-8-1-2-9-20(19)23(26)29/h1-9,12-13H,10-11,14-15H2,(H,25,27). The van der Waals surface area contributed by atoms with Gasteiger partial charge in [-0.15, -0.1) is 11.3 Å². The molecule has 4 rings (SSSR count). The largest absolute Gasteiger partial charge is 0.452 e. The molecule has 0 bridgehead atoms. The van der Waals surface area contributed by atoms with Gasteiger partial charge in [-0.05, 0) is 47.7 Å². The predicted molar refractivity (Wildman–Crippen MR) is 118 cm³/mol. The summed E-state index contributed by atoms with van der Waals surface area (Å²) >= 11 is 1.62. The van der Waals surface area contributed by atoms with Crippen molar-refractivity contribution in [3.05, 3.63) is 93.2 Å². The van der Waals surface area contributed by atoms with E-state index in [0.29, 0.717) is 23.2 Å². The fourth-order valence-electron chi connectivity index (χ4n) is 3.41. The van der Waals surface area contributed by atoms with Crippen molar-refractivity contribution < 1.29 is 23.9 Å². The first-order valence-corrected chi connectivity index (χ1v) is 10.9. The first-order chi connectivity index (χ1) is 15.5. The van der Waals surface area contributed by atoms with Crippen LogP contribution < -0.4 is 5.32 Å². The van der Waals surface area contributed by atoms with Crippen molar-refractivity contribution in [1.29, 1.82) is 0 Å². The fraction of sp³-hybridized carbons (Fsp3) is 0.167. The highest BCUT2D eigenvalue weighted by atomic mass is 32.1. The summed E-state index contributed by atoms with van der Waals surface area (Å²) in [7, 11) is 0. The van der Waals surface area contributed by atoms with Gasteiger partial charge in [-0.25, -0.2) is 4.79 Å². The van der Waals surface area contributed by atoms with Gasteiger partial charge in [0.05, 0.1) is 23.2 Å². The van der Waals surface area contributed by atoms with Gasteiger partial charge in [-0.2, -0.15) is 0 Å². The van der Waals surface area contributed by atoms with Gasteiger partial charge in [0, 0.05) is 11.4 Å². The lowest BCUT2D eigenvalue weighted by molar-refractivity contribution is -0.124. The topological polar surface area (TPSA) is 92.8 Å². The van der Waals surface area contributed by atoms with Crippen LogP contribution in [0.3, 0.4) is 0 Å². The van der Waals surface area contributed by atoms with E-state index in [4.69, 9.17) is 4.74 Å². The lowest BCUT2D eigenvalue weighted by Gasteiger charge is -2.14. The maximum Gasteiger partial charge on any atom is 0.338 e. The predicted octanol–water partition coefficient (Wildman–Crippen LogP) is 3.06. The van der Waals surface area contributed by atoms with Crippen molar-refractivity contribution in [2.45, 2.75) is 13.0 Å². The molecule has 0 saturated carbocycles. The van der Waals surface area contributed by atoms with Crippen molar-refractivity contribution in [1.82, 2.24) is 10.2 Å². The molecule has 162 valence electrons. The van der Waals surface area contributed by atoms with E-state index in [9.17, 15) is 19.2 Å². The first kappa shape index (κ1) is 21.5. The smallest absolute Gasteiger partial charge is 0.338 e. The molecule has 1 aromatic heterocycles. The third kappa shape index (κ3) is 4.76. The zero-order chi connectivity index (χ0) is 22.5. The Kier molecular flexibility index (Phi) is 6.42. The van der Waals surface area contributed by atoms with Crippen LogP contribution in [-0.4, -0.2) is 41.7 Å². The average Bonchev–Trinajstić information content (AvgIpc) is 3.41. The first-order valence-electron chi connectivity index (χ1n) is 10.0. The normalized spacial score (nSPS) is 12.6. The van der Waals surface area contributed by atoms with Gasteiger partial charge >= 0.3 is 5.97 Å². The highest BCUT2D eigenvalue weighted by Crippen LogP contribution is 2.24. The van der Waals surface area contributed by atoms with E-state index in [2.05, 4.69) is 5.32 Å². The second-order valence-corrected chi connectivity index (χ2v) is 8.23. The third-order valence-corrected chi connectivity index (χ3v) is 5.93. The molecule has 0 fully saturated rings. The van der Waals surface area contributed by atoms with Crippen LogP contribution in [0.15, 0.2) is 66.0 Å². The molecule has 3 aromatic rings. The number of benzene rings is 2. The molecular weight excluding hydrogens is 428 g/mol. The SMILES string of the molecule is O=C(COC(=O)c1cccc(CN2C(=O)c3ccccc3C2=O)c1)NCCc1cccs1. The number of esters is 1. The van der Waals surface area contributed by atoms with Gasteiger partial charge in [0.25, 0.3) is 17.7 Å². The number of rotatable bonds is 8. The molecule has 8 heteroatoms.